The first kappa shape index (κ1) is 22.6. The summed E-state index contributed by atoms with van der Waals surface area (Å²) >= 11 is 0. The number of benzene rings is 5. The number of rotatable bonds is 4. The quantitative estimate of drug-likeness (QED) is 0.224. The number of nitrogens with zero attached hydrogens (tertiary/aromatic N) is 3. The SMILES string of the molecule is c1ccc(-c2nn3c(C4CC4)cc4ccccc4c3c2-c2ccc3c4ccccc4n(-c4ccccc4)c3c2)cc1. The molecule has 0 radical (unpaired) electrons. The fourth-order valence-corrected chi connectivity index (χ4v) is 6.64. The van der Waals surface area contributed by atoms with Crippen molar-refractivity contribution >= 4 is 38.1 Å². The van der Waals surface area contributed by atoms with E-state index >= 15 is 0 Å². The Balaban J connectivity index is 1.43. The van der Waals surface area contributed by atoms with Crippen LogP contribution in [0.2, 0.25) is 0 Å². The summed E-state index contributed by atoms with van der Waals surface area (Å²) in [7, 11) is 0. The Morgan fingerprint density at radius 3 is 2.05 bits per heavy atom. The van der Waals surface area contributed by atoms with Crippen molar-refractivity contribution in [2.45, 2.75) is 18.8 Å². The molecule has 8 aromatic rings. The molecule has 3 heterocycles. The van der Waals surface area contributed by atoms with E-state index in [0.717, 1.165) is 11.3 Å². The van der Waals surface area contributed by atoms with Crippen molar-refractivity contribution < 1.29 is 0 Å². The van der Waals surface area contributed by atoms with Crippen LogP contribution in [0.1, 0.15) is 24.5 Å². The van der Waals surface area contributed by atoms with Gasteiger partial charge in [0, 0.05) is 44.6 Å². The molecule has 3 nitrogen and oxygen atoms in total. The van der Waals surface area contributed by atoms with E-state index in [1.807, 2.05) is 0 Å². The minimum Gasteiger partial charge on any atom is -0.309 e. The van der Waals surface area contributed by atoms with Gasteiger partial charge in [-0.25, -0.2) is 4.52 Å². The fraction of sp³-hybridized carbons (Fsp3) is 0.0789. The highest BCUT2D eigenvalue weighted by Gasteiger charge is 2.29. The smallest absolute Gasteiger partial charge is 0.101 e. The lowest BCUT2D eigenvalue weighted by Gasteiger charge is -2.11. The molecule has 194 valence electrons. The second-order valence-electron chi connectivity index (χ2n) is 11.2. The third-order valence-electron chi connectivity index (χ3n) is 8.67. The van der Waals surface area contributed by atoms with Gasteiger partial charge >= 0.3 is 0 Å². The van der Waals surface area contributed by atoms with Gasteiger partial charge in [-0.05, 0) is 54.1 Å². The maximum absolute atomic E-state index is 5.38. The predicted octanol–water partition coefficient (Wildman–Crippen LogP) is 9.80. The van der Waals surface area contributed by atoms with Crippen molar-refractivity contribution in [1.29, 1.82) is 0 Å². The van der Waals surface area contributed by atoms with Gasteiger partial charge in [-0.1, -0.05) is 103 Å². The van der Waals surface area contributed by atoms with Crippen LogP contribution in [0.3, 0.4) is 0 Å². The van der Waals surface area contributed by atoms with Crippen LogP contribution < -0.4 is 0 Å². The lowest BCUT2D eigenvalue weighted by Crippen LogP contribution is -1.98. The van der Waals surface area contributed by atoms with Gasteiger partial charge in [0.15, 0.2) is 0 Å². The van der Waals surface area contributed by atoms with E-state index in [4.69, 9.17) is 5.10 Å². The largest absolute Gasteiger partial charge is 0.309 e. The van der Waals surface area contributed by atoms with Crippen LogP contribution in [-0.2, 0) is 0 Å². The van der Waals surface area contributed by atoms with Gasteiger partial charge in [-0.3, -0.25) is 0 Å². The standard InChI is InChI=1S/C38H27N3/c1-3-11-26(12-4-1)37-36(38-30-16-8-7-13-27(30)23-34(25-19-20-25)41(38)39-37)28-21-22-32-31-17-9-10-18-33(31)40(35(32)24-28)29-14-5-2-6-15-29/h1-18,21-25H,19-20H2. The first-order valence-electron chi connectivity index (χ1n) is 14.4. The van der Waals surface area contributed by atoms with Gasteiger partial charge in [0.1, 0.15) is 5.69 Å². The Morgan fingerprint density at radius 2 is 1.24 bits per heavy atom. The summed E-state index contributed by atoms with van der Waals surface area (Å²) in [5.41, 5.74) is 10.7. The van der Waals surface area contributed by atoms with Crippen LogP contribution in [0, 0.1) is 0 Å². The van der Waals surface area contributed by atoms with Crippen LogP contribution in [0.15, 0.2) is 133 Å². The Hall–Kier alpha value is -5.15. The number of hydrogen-bond donors (Lipinski definition) is 0. The molecule has 3 aromatic heterocycles. The molecular formula is C38H27N3. The molecule has 1 fully saturated rings. The summed E-state index contributed by atoms with van der Waals surface area (Å²) in [4.78, 5) is 0. The second-order valence-corrected chi connectivity index (χ2v) is 11.2. The Labute approximate surface area is 237 Å². The number of hydrogen-bond acceptors (Lipinski definition) is 1. The van der Waals surface area contributed by atoms with Crippen LogP contribution in [-0.4, -0.2) is 14.2 Å². The number of para-hydroxylation sites is 2. The van der Waals surface area contributed by atoms with Crippen LogP contribution in [0.4, 0.5) is 0 Å². The average Bonchev–Trinajstić information content (AvgIpc) is 3.72. The van der Waals surface area contributed by atoms with Crippen molar-refractivity contribution in [1.82, 2.24) is 14.2 Å². The van der Waals surface area contributed by atoms with E-state index in [2.05, 4.69) is 143 Å². The molecule has 0 unspecified atom stereocenters. The molecule has 1 saturated carbocycles. The third kappa shape index (κ3) is 3.42. The molecule has 0 aliphatic heterocycles. The maximum Gasteiger partial charge on any atom is 0.101 e. The Kier molecular flexibility index (Phi) is 4.79. The van der Waals surface area contributed by atoms with Crippen LogP contribution in [0.5, 0.6) is 0 Å². The first-order chi connectivity index (χ1) is 20.3. The van der Waals surface area contributed by atoms with Crippen molar-refractivity contribution in [2.24, 2.45) is 0 Å². The van der Waals surface area contributed by atoms with Gasteiger partial charge in [0.25, 0.3) is 0 Å². The summed E-state index contributed by atoms with van der Waals surface area (Å²) in [5, 5.41) is 10.4. The lowest BCUT2D eigenvalue weighted by atomic mass is 9.96. The van der Waals surface area contributed by atoms with E-state index in [0.29, 0.717) is 5.92 Å². The van der Waals surface area contributed by atoms with Crippen LogP contribution in [0.25, 0.3) is 66.2 Å². The van der Waals surface area contributed by atoms with Gasteiger partial charge in [0.2, 0.25) is 0 Å². The monoisotopic (exact) mass is 525 g/mol. The summed E-state index contributed by atoms with van der Waals surface area (Å²) < 4.78 is 4.66. The highest BCUT2D eigenvalue weighted by atomic mass is 15.2. The lowest BCUT2D eigenvalue weighted by molar-refractivity contribution is 0.866. The zero-order valence-corrected chi connectivity index (χ0v) is 22.5. The van der Waals surface area contributed by atoms with Gasteiger partial charge in [-0.15, -0.1) is 0 Å². The molecule has 1 aliphatic carbocycles. The zero-order valence-electron chi connectivity index (χ0n) is 22.5. The highest BCUT2D eigenvalue weighted by molar-refractivity contribution is 6.12. The van der Waals surface area contributed by atoms with Crippen LogP contribution >= 0.6 is 0 Å². The molecular weight excluding hydrogens is 498 g/mol. The van der Waals surface area contributed by atoms with Crippen molar-refractivity contribution in [3.8, 4) is 28.1 Å². The van der Waals surface area contributed by atoms with E-state index in [-0.39, 0.29) is 0 Å². The molecule has 0 bridgehead atoms. The van der Waals surface area contributed by atoms with Gasteiger partial charge in [0.05, 0.1) is 16.6 Å². The number of fused-ring (bicyclic) bond motifs is 6. The van der Waals surface area contributed by atoms with Crippen molar-refractivity contribution in [3.63, 3.8) is 0 Å². The summed E-state index contributed by atoms with van der Waals surface area (Å²) in [6.45, 7) is 0. The topological polar surface area (TPSA) is 22.2 Å². The minimum absolute atomic E-state index is 0.571. The first-order valence-corrected chi connectivity index (χ1v) is 14.4. The third-order valence-corrected chi connectivity index (χ3v) is 8.67. The van der Waals surface area contributed by atoms with Gasteiger partial charge in [-0.2, -0.15) is 5.10 Å². The van der Waals surface area contributed by atoms with Gasteiger partial charge < -0.3 is 4.57 Å². The Bertz CT molecular complexity index is 2250. The zero-order chi connectivity index (χ0) is 26.9. The van der Waals surface area contributed by atoms with E-state index < -0.39 is 0 Å². The Morgan fingerprint density at radius 1 is 0.561 bits per heavy atom. The van der Waals surface area contributed by atoms with E-state index in [1.54, 1.807) is 0 Å². The number of aromatic nitrogens is 3. The molecule has 41 heavy (non-hydrogen) atoms. The highest BCUT2D eigenvalue weighted by Crippen LogP contribution is 2.46. The molecule has 0 N–H and O–H groups in total. The predicted molar refractivity (Wildman–Crippen MR) is 170 cm³/mol. The maximum atomic E-state index is 5.38. The molecule has 0 atom stereocenters. The molecule has 3 heteroatoms. The summed E-state index contributed by atoms with van der Waals surface area (Å²) in [5.74, 6) is 0.571. The van der Waals surface area contributed by atoms with Crippen molar-refractivity contribution in [3.05, 3.63) is 139 Å². The summed E-state index contributed by atoms with van der Waals surface area (Å²) in [6, 6.07) is 48.2. The molecule has 5 aromatic carbocycles. The normalized spacial score (nSPS) is 13.6. The van der Waals surface area contributed by atoms with Crippen molar-refractivity contribution in [2.75, 3.05) is 0 Å². The molecule has 0 spiro atoms. The van der Waals surface area contributed by atoms with E-state index in [1.165, 1.54) is 73.4 Å². The molecule has 1 aliphatic rings. The number of pyridine rings is 1. The fourth-order valence-electron chi connectivity index (χ4n) is 6.64. The molecule has 0 saturated heterocycles. The minimum atomic E-state index is 0.571. The average molecular weight is 526 g/mol. The molecule has 0 amide bonds. The van der Waals surface area contributed by atoms with E-state index in [9.17, 15) is 0 Å². The summed E-state index contributed by atoms with van der Waals surface area (Å²) in [6.07, 6.45) is 2.46. The second kappa shape index (κ2) is 8.67. The molecule has 9 rings (SSSR count).